The zero-order valence-electron chi connectivity index (χ0n) is 13.5. The second-order valence-electron chi connectivity index (χ2n) is 5.66. The van der Waals surface area contributed by atoms with Crippen LogP contribution in [0.4, 0.5) is 5.82 Å². The molecule has 1 atom stereocenters. The summed E-state index contributed by atoms with van der Waals surface area (Å²) >= 11 is 0. The monoisotopic (exact) mass is 297 g/mol. The van der Waals surface area contributed by atoms with E-state index in [2.05, 4.69) is 36.3 Å². The topological polar surface area (TPSA) is 47.0 Å². The number of methoxy groups -OCH3 is 1. The largest absolute Gasteiger partial charge is 0.497 e. The van der Waals surface area contributed by atoms with Crippen LogP contribution in [0.25, 0.3) is 0 Å². The van der Waals surface area contributed by atoms with Crippen LogP contribution in [-0.4, -0.2) is 17.1 Å². The van der Waals surface area contributed by atoms with Gasteiger partial charge in [0.1, 0.15) is 11.6 Å². The molecule has 116 valence electrons. The van der Waals surface area contributed by atoms with Crippen LogP contribution in [-0.2, 0) is 19.3 Å². The lowest BCUT2D eigenvalue weighted by Gasteiger charge is -2.18. The molecule has 0 aliphatic heterocycles. The van der Waals surface area contributed by atoms with Gasteiger partial charge in [-0.1, -0.05) is 19.9 Å². The van der Waals surface area contributed by atoms with Gasteiger partial charge in [0.2, 0.25) is 0 Å². The minimum Gasteiger partial charge on any atom is -0.497 e. The van der Waals surface area contributed by atoms with E-state index in [0.717, 1.165) is 48.6 Å². The number of nitrogens with zero attached hydrogens (tertiary/aromatic N) is 2. The Kier molecular flexibility index (Phi) is 4.27. The zero-order valence-corrected chi connectivity index (χ0v) is 13.5. The van der Waals surface area contributed by atoms with Crippen molar-refractivity contribution in [1.82, 2.24) is 9.97 Å². The van der Waals surface area contributed by atoms with Gasteiger partial charge in [-0.3, -0.25) is 4.98 Å². The Bertz CT molecular complexity index is 669. The lowest BCUT2D eigenvalue weighted by Crippen LogP contribution is -2.12. The van der Waals surface area contributed by atoms with E-state index in [4.69, 9.17) is 9.72 Å². The van der Waals surface area contributed by atoms with Crippen molar-refractivity contribution in [2.24, 2.45) is 0 Å². The minimum absolute atomic E-state index is 0.289. The first-order valence-corrected chi connectivity index (χ1v) is 8.03. The molecule has 2 aromatic rings. The Balaban J connectivity index is 1.89. The molecule has 22 heavy (non-hydrogen) atoms. The van der Waals surface area contributed by atoms with Crippen molar-refractivity contribution in [1.29, 1.82) is 0 Å². The van der Waals surface area contributed by atoms with Crippen LogP contribution in [0.5, 0.6) is 5.75 Å². The number of anilines is 1. The van der Waals surface area contributed by atoms with Gasteiger partial charge < -0.3 is 10.1 Å². The average molecular weight is 297 g/mol. The molecule has 0 saturated heterocycles. The summed E-state index contributed by atoms with van der Waals surface area (Å²) in [7, 11) is 1.71. The summed E-state index contributed by atoms with van der Waals surface area (Å²) in [4.78, 5) is 9.29. The molecule has 1 unspecified atom stereocenters. The molecule has 1 heterocycles. The quantitative estimate of drug-likeness (QED) is 0.914. The smallest absolute Gasteiger partial charge is 0.148 e. The van der Waals surface area contributed by atoms with Crippen LogP contribution in [0.1, 0.15) is 48.8 Å². The molecule has 1 aliphatic carbocycles. The highest BCUT2D eigenvalue weighted by molar-refractivity contribution is 5.48. The summed E-state index contributed by atoms with van der Waals surface area (Å²) in [5.41, 5.74) is 4.79. The van der Waals surface area contributed by atoms with Gasteiger partial charge in [-0.25, -0.2) is 4.98 Å². The molecule has 1 aromatic heterocycles. The van der Waals surface area contributed by atoms with Crippen molar-refractivity contribution in [3.63, 3.8) is 0 Å². The van der Waals surface area contributed by atoms with E-state index in [0.29, 0.717) is 0 Å². The summed E-state index contributed by atoms with van der Waals surface area (Å²) in [6.07, 6.45) is 5.86. The van der Waals surface area contributed by atoms with E-state index in [1.54, 1.807) is 7.11 Å². The van der Waals surface area contributed by atoms with E-state index in [1.807, 2.05) is 12.3 Å². The summed E-state index contributed by atoms with van der Waals surface area (Å²) < 4.78 is 5.36. The van der Waals surface area contributed by atoms with E-state index in [1.165, 1.54) is 11.1 Å². The summed E-state index contributed by atoms with van der Waals surface area (Å²) in [5.74, 6) is 1.85. The Morgan fingerprint density at radius 3 is 2.86 bits per heavy atom. The van der Waals surface area contributed by atoms with E-state index < -0.39 is 0 Å². The molecule has 4 nitrogen and oxygen atoms in total. The number of nitrogens with one attached hydrogen (secondary N) is 1. The fraction of sp³-hybridized carbons (Fsp3) is 0.444. The molecule has 3 rings (SSSR count). The Hall–Kier alpha value is -2.10. The maximum absolute atomic E-state index is 5.36. The fourth-order valence-corrected chi connectivity index (χ4v) is 3.02. The highest BCUT2D eigenvalue weighted by Gasteiger charge is 2.24. The molecular formula is C18H23N3O. The fourth-order valence-electron chi connectivity index (χ4n) is 3.02. The van der Waals surface area contributed by atoms with Crippen molar-refractivity contribution in [3.8, 4) is 5.75 Å². The molecule has 0 amide bonds. The third kappa shape index (κ3) is 2.78. The molecule has 4 heteroatoms. The lowest BCUT2D eigenvalue weighted by atomic mass is 10.1. The molecule has 0 fully saturated rings. The van der Waals surface area contributed by atoms with Crippen molar-refractivity contribution >= 4 is 5.82 Å². The predicted octanol–water partition coefficient (Wildman–Crippen LogP) is 3.71. The maximum Gasteiger partial charge on any atom is 0.148 e. The number of fused-ring (bicyclic) bond motifs is 1. The standard InChI is InChI=1S/C18H23N3O/c1-4-13-11-19-16(5-2)18(20-13)21-17-9-7-12-6-8-14(22-3)10-15(12)17/h6,8,10-11,17H,4-5,7,9H2,1-3H3,(H,20,21). The number of benzene rings is 1. The molecule has 1 aromatic carbocycles. The highest BCUT2D eigenvalue weighted by atomic mass is 16.5. The van der Waals surface area contributed by atoms with Crippen LogP contribution in [0.2, 0.25) is 0 Å². The van der Waals surface area contributed by atoms with Gasteiger partial charge in [-0.15, -0.1) is 0 Å². The van der Waals surface area contributed by atoms with Gasteiger partial charge in [-0.2, -0.15) is 0 Å². The molecule has 0 radical (unpaired) electrons. The second kappa shape index (κ2) is 6.34. The Morgan fingerprint density at radius 2 is 2.14 bits per heavy atom. The van der Waals surface area contributed by atoms with Gasteiger partial charge in [0, 0.05) is 6.20 Å². The van der Waals surface area contributed by atoms with E-state index in [9.17, 15) is 0 Å². The Labute approximate surface area is 132 Å². The van der Waals surface area contributed by atoms with Crippen LogP contribution >= 0.6 is 0 Å². The van der Waals surface area contributed by atoms with Crippen molar-refractivity contribution in [3.05, 3.63) is 46.9 Å². The molecular weight excluding hydrogens is 274 g/mol. The van der Waals surface area contributed by atoms with Crippen LogP contribution in [0.3, 0.4) is 0 Å². The van der Waals surface area contributed by atoms with Crippen LogP contribution in [0, 0.1) is 0 Å². The van der Waals surface area contributed by atoms with Crippen molar-refractivity contribution < 1.29 is 4.74 Å². The van der Waals surface area contributed by atoms with Crippen LogP contribution in [0.15, 0.2) is 24.4 Å². The number of aryl methyl sites for hydroxylation is 3. The predicted molar refractivity (Wildman–Crippen MR) is 88.5 cm³/mol. The van der Waals surface area contributed by atoms with E-state index >= 15 is 0 Å². The first-order chi connectivity index (χ1) is 10.7. The normalized spacial score (nSPS) is 16.4. The molecule has 1 aliphatic rings. The molecule has 1 N–H and O–H groups in total. The number of hydrogen-bond donors (Lipinski definition) is 1. The zero-order chi connectivity index (χ0) is 15.5. The average Bonchev–Trinajstić information content (AvgIpc) is 2.96. The number of hydrogen-bond acceptors (Lipinski definition) is 4. The summed E-state index contributed by atoms with van der Waals surface area (Å²) in [5, 5.41) is 3.61. The van der Waals surface area contributed by atoms with Gasteiger partial charge >= 0.3 is 0 Å². The third-order valence-electron chi connectivity index (χ3n) is 4.34. The number of aromatic nitrogens is 2. The van der Waals surface area contributed by atoms with Gasteiger partial charge in [0.25, 0.3) is 0 Å². The van der Waals surface area contributed by atoms with Gasteiger partial charge in [0.15, 0.2) is 0 Å². The SMILES string of the molecule is CCc1cnc(CC)c(NC2CCc3ccc(OC)cc32)n1. The maximum atomic E-state index is 5.36. The number of ether oxygens (including phenoxy) is 1. The van der Waals surface area contributed by atoms with Crippen molar-refractivity contribution in [2.75, 3.05) is 12.4 Å². The summed E-state index contributed by atoms with van der Waals surface area (Å²) in [6, 6.07) is 6.64. The second-order valence-corrected chi connectivity index (χ2v) is 5.66. The summed E-state index contributed by atoms with van der Waals surface area (Å²) in [6.45, 7) is 4.22. The third-order valence-corrected chi connectivity index (χ3v) is 4.34. The van der Waals surface area contributed by atoms with Crippen molar-refractivity contribution in [2.45, 2.75) is 45.6 Å². The minimum atomic E-state index is 0.289. The number of rotatable bonds is 5. The first-order valence-electron chi connectivity index (χ1n) is 8.03. The van der Waals surface area contributed by atoms with Crippen LogP contribution < -0.4 is 10.1 Å². The molecule has 0 spiro atoms. The van der Waals surface area contributed by atoms with Gasteiger partial charge in [0.05, 0.1) is 24.5 Å². The van der Waals surface area contributed by atoms with Gasteiger partial charge in [-0.05, 0) is 48.9 Å². The van der Waals surface area contributed by atoms with E-state index in [-0.39, 0.29) is 6.04 Å². The molecule has 0 saturated carbocycles. The first kappa shape index (κ1) is 14.8. The Morgan fingerprint density at radius 1 is 1.27 bits per heavy atom. The lowest BCUT2D eigenvalue weighted by molar-refractivity contribution is 0.414. The molecule has 0 bridgehead atoms. The highest BCUT2D eigenvalue weighted by Crippen LogP contribution is 2.36.